The zero-order valence-electron chi connectivity index (χ0n) is 9.90. The first kappa shape index (κ1) is 11.3. The molecule has 16 heavy (non-hydrogen) atoms. The van der Waals surface area contributed by atoms with Crippen molar-refractivity contribution < 1.29 is 8.42 Å². The van der Waals surface area contributed by atoms with E-state index in [0.29, 0.717) is 4.90 Å². The van der Waals surface area contributed by atoms with Crippen LogP contribution in [0.3, 0.4) is 0 Å². The molecule has 0 amide bonds. The molecule has 0 spiro atoms. The summed E-state index contributed by atoms with van der Waals surface area (Å²) in [5.41, 5.74) is 2.73. The lowest BCUT2D eigenvalue weighted by Crippen LogP contribution is -2.22. The quantitative estimate of drug-likeness (QED) is 0.753. The van der Waals surface area contributed by atoms with Gasteiger partial charge in [-0.1, -0.05) is 13.8 Å². The Hall–Kier alpha value is -1.16. The molecule has 0 aromatic heterocycles. The molecule has 0 N–H and O–H groups in total. The first-order valence-electron chi connectivity index (χ1n) is 5.13. The van der Waals surface area contributed by atoms with Gasteiger partial charge in [0.2, 0.25) is 0 Å². The second kappa shape index (κ2) is 3.17. The van der Waals surface area contributed by atoms with Crippen LogP contribution >= 0.6 is 0 Å². The number of hydrogen-bond acceptors (Lipinski definition) is 3. The summed E-state index contributed by atoms with van der Waals surface area (Å²) in [5, 5.41) is 0. The number of hydrogen-bond donors (Lipinski definition) is 0. The molecule has 1 aliphatic rings. The van der Waals surface area contributed by atoms with Gasteiger partial charge in [-0.2, -0.15) is 0 Å². The minimum atomic E-state index is -3.14. The van der Waals surface area contributed by atoms with Crippen molar-refractivity contribution >= 4 is 21.2 Å². The lowest BCUT2D eigenvalue weighted by atomic mass is 9.82. The number of benzene rings is 1. The predicted octanol–water partition coefficient (Wildman–Crippen LogP) is 2.47. The smallest absolute Gasteiger partial charge is 0.175 e. The molecule has 86 valence electrons. The molecule has 0 fully saturated rings. The molecule has 0 atom stereocenters. The topological polar surface area (TPSA) is 46.5 Å². The molecular weight excluding hydrogens is 222 g/mol. The number of rotatable bonds is 1. The van der Waals surface area contributed by atoms with Crippen LogP contribution in [-0.4, -0.2) is 20.4 Å². The number of sulfone groups is 1. The van der Waals surface area contributed by atoms with Crippen LogP contribution < -0.4 is 0 Å². The van der Waals surface area contributed by atoms with Crippen LogP contribution in [-0.2, 0) is 15.3 Å². The lowest BCUT2D eigenvalue weighted by Gasteiger charge is -2.20. The Morgan fingerprint density at radius 1 is 1.25 bits per heavy atom. The van der Waals surface area contributed by atoms with Gasteiger partial charge in [0.15, 0.2) is 9.84 Å². The van der Waals surface area contributed by atoms with Crippen LogP contribution in [0.1, 0.15) is 26.3 Å². The van der Waals surface area contributed by atoms with E-state index in [9.17, 15) is 8.42 Å². The Balaban J connectivity index is 2.66. The SMILES string of the molecule is CC1=Nc2ccc(S(C)(=O)=O)cc2C1(C)C. The fourth-order valence-corrected chi connectivity index (χ4v) is 2.51. The molecule has 1 heterocycles. The van der Waals surface area contributed by atoms with Gasteiger partial charge in [-0.25, -0.2) is 8.42 Å². The molecule has 0 unspecified atom stereocenters. The van der Waals surface area contributed by atoms with Gasteiger partial charge in [-0.15, -0.1) is 0 Å². The van der Waals surface area contributed by atoms with Gasteiger partial charge in [-0.3, -0.25) is 4.99 Å². The fourth-order valence-electron chi connectivity index (χ4n) is 1.86. The molecule has 0 aliphatic carbocycles. The Morgan fingerprint density at radius 2 is 1.88 bits per heavy atom. The Morgan fingerprint density at radius 3 is 2.44 bits per heavy atom. The Labute approximate surface area is 96.1 Å². The first-order valence-corrected chi connectivity index (χ1v) is 7.02. The third-order valence-corrected chi connectivity index (χ3v) is 4.37. The van der Waals surface area contributed by atoms with Gasteiger partial charge in [0.25, 0.3) is 0 Å². The zero-order valence-corrected chi connectivity index (χ0v) is 10.7. The number of nitrogens with zero attached hydrogens (tertiary/aromatic N) is 1. The standard InChI is InChI=1S/C12H15NO2S/c1-8-12(2,3)10-7-9(16(4,14)15)5-6-11(10)13-8/h5-7H,1-4H3. The highest BCUT2D eigenvalue weighted by molar-refractivity contribution is 7.90. The molecular formula is C12H15NO2S. The minimum absolute atomic E-state index is 0.171. The third-order valence-electron chi connectivity index (χ3n) is 3.26. The predicted molar refractivity (Wildman–Crippen MR) is 65.3 cm³/mol. The van der Waals surface area contributed by atoms with Crippen molar-refractivity contribution in [3.63, 3.8) is 0 Å². The molecule has 4 heteroatoms. The van der Waals surface area contributed by atoms with Gasteiger partial charge in [0.05, 0.1) is 10.6 Å². The number of fused-ring (bicyclic) bond motifs is 1. The monoisotopic (exact) mass is 237 g/mol. The second-order valence-corrected chi connectivity index (χ2v) is 6.79. The van der Waals surface area contributed by atoms with Gasteiger partial charge in [-0.05, 0) is 30.7 Å². The van der Waals surface area contributed by atoms with Gasteiger partial charge in [0, 0.05) is 17.4 Å². The minimum Gasteiger partial charge on any atom is -0.257 e. The maximum absolute atomic E-state index is 11.5. The summed E-state index contributed by atoms with van der Waals surface area (Å²) in [7, 11) is -3.14. The summed E-state index contributed by atoms with van der Waals surface area (Å²) in [6.07, 6.45) is 1.23. The van der Waals surface area contributed by atoms with E-state index < -0.39 is 9.84 Å². The van der Waals surface area contributed by atoms with Gasteiger partial charge < -0.3 is 0 Å². The zero-order chi connectivity index (χ0) is 12.1. The van der Waals surface area contributed by atoms with E-state index in [1.54, 1.807) is 18.2 Å². The maximum atomic E-state index is 11.5. The van der Waals surface area contributed by atoms with Gasteiger partial charge in [0.1, 0.15) is 0 Å². The Kier molecular flexibility index (Phi) is 2.24. The van der Waals surface area contributed by atoms with Crippen LogP contribution in [0.5, 0.6) is 0 Å². The second-order valence-electron chi connectivity index (χ2n) is 4.77. The highest BCUT2D eigenvalue weighted by Crippen LogP contribution is 2.40. The van der Waals surface area contributed by atoms with E-state index in [1.165, 1.54) is 6.26 Å². The highest BCUT2D eigenvalue weighted by Gasteiger charge is 2.32. The molecule has 0 radical (unpaired) electrons. The van der Waals surface area contributed by atoms with E-state index in [1.807, 2.05) is 6.92 Å². The normalized spacial score (nSPS) is 18.1. The molecule has 3 nitrogen and oxygen atoms in total. The van der Waals surface area contributed by atoms with Crippen molar-refractivity contribution in [1.29, 1.82) is 0 Å². The average molecular weight is 237 g/mol. The average Bonchev–Trinajstić information content (AvgIpc) is 2.37. The van der Waals surface area contributed by atoms with Crippen molar-refractivity contribution in [2.75, 3.05) is 6.26 Å². The summed E-state index contributed by atoms with van der Waals surface area (Å²) in [5.74, 6) is 0. The van der Waals surface area contributed by atoms with Crippen molar-refractivity contribution in [3.05, 3.63) is 23.8 Å². The van der Waals surface area contributed by atoms with E-state index in [2.05, 4.69) is 18.8 Å². The van der Waals surface area contributed by atoms with Crippen molar-refractivity contribution in [3.8, 4) is 0 Å². The van der Waals surface area contributed by atoms with Crippen molar-refractivity contribution in [2.24, 2.45) is 4.99 Å². The van der Waals surface area contributed by atoms with E-state index in [4.69, 9.17) is 0 Å². The summed E-state index contributed by atoms with van der Waals surface area (Å²) < 4.78 is 23.0. The third kappa shape index (κ3) is 1.57. The first-order chi connectivity index (χ1) is 7.23. The lowest BCUT2D eigenvalue weighted by molar-refractivity contribution is 0.601. The van der Waals surface area contributed by atoms with Crippen molar-refractivity contribution in [1.82, 2.24) is 0 Å². The molecule has 0 bridgehead atoms. The summed E-state index contributed by atoms with van der Waals surface area (Å²) in [4.78, 5) is 4.81. The Bertz CT molecular complexity index is 583. The highest BCUT2D eigenvalue weighted by atomic mass is 32.2. The van der Waals surface area contributed by atoms with Gasteiger partial charge >= 0.3 is 0 Å². The summed E-state index contributed by atoms with van der Waals surface area (Å²) in [6.45, 7) is 6.09. The van der Waals surface area contributed by atoms with Crippen LogP contribution in [0.25, 0.3) is 0 Å². The molecule has 0 saturated heterocycles. The molecule has 1 aromatic rings. The van der Waals surface area contributed by atoms with E-state index >= 15 is 0 Å². The molecule has 2 rings (SSSR count). The molecule has 0 saturated carbocycles. The van der Waals surface area contributed by atoms with Crippen LogP contribution in [0, 0.1) is 0 Å². The fraction of sp³-hybridized carbons (Fsp3) is 0.417. The molecule has 1 aliphatic heterocycles. The summed E-state index contributed by atoms with van der Waals surface area (Å²) in [6, 6.07) is 5.14. The van der Waals surface area contributed by atoms with E-state index in [-0.39, 0.29) is 5.41 Å². The largest absolute Gasteiger partial charge is 0.257 e. The number of aliphatic imine (C=N–C) groups is 1. The van der Waals surface area contributed by atoms with Crippen LogP contribution in [0.2, 0.25) is 0 Å². The van der Waals surface area contributed by atoms with Crippen LogP contribution in [0.4, 0.5) is 5.69 Å². The van der Waals surface area contributed by atoms with Crippen LogP contribution in [0.15, 0.2) is 28.1 Å². The summed E-state index contributed by atoms with van der Waals surface area (Å²) >= 11 is 0. The van der Waals surface area contributed by atoms with Crippen molar-refractivity contribution in [2.45, 2.75) is 31.1 Å². The maximum Gasteiger partial charge on any atom is 0.175 e. The van der Waals surface area contributed by atoms with E-state index in [0.717, 1.165) is 17.0 Å². The molecule has 1 aromatic carbocycles.